The predicted octanol–water partition coefficient (Wildman–Crippen LogP) is 3.94. The zero-order valence-electron chi connectivity index (χ0n) is 17.8. The predicted molar refractivity (Wildman–Crippen MR) is 112 cm³/mol. The number of carbonyl (C=O) groups excluding carboxylic acids is 1. The summed E-state index contributed by atoms with van der Waals surface area (Å²) in [6, 6.07) is 8.38. The highest BCUT2D eigenvalue weighted by Crippen LogP contribution is 2.33. The molecule has 1 aliphatic rings. The second-order valence-corrected chi connectivity index (χ2v) is 7.99. The van der Waals surface area contributed by atoms with E-state index in [0.717, 1.165) is 46.7 Å². The molecule has 0 unspecified atom stereocenters. The fourth-order valence-corrected chi connectivity index (χ4v) is 4.28. The Balaban J connectivity index is 1.59. The highest BCUT2D eigenvalue weighted by molar-refractivity contribution is 5.80. The first-order valence-corrected chi connectivity index (χ1v) is 10.3. The Labute approximate surface area is 175 Å². The molecular formula is C23H26FN5O. The van der Waals surface area contributed by atoms with E-state index in [1.165, 1.54) is 12.1 Å². The molecular weight excluding hydrogens is 381 g/mol. The topological polar surface area (TPSA) is 63.9 Å². The van der Waals surface area contributed by atoms with Crippen LogP contribution in [0.4, 0.5) is 4.39 Å². The van der Waals surface area contributed by atoms with Gasteiger partial charge in [-0.25, -0.2) is 19.0 Å². The number of carbonyl (C=O) groups is 1. The van der Waals surface area contributed by atoms with Gasteiger partial charge in [0.1, 0.15) is 5.82 Å². The van der Waals surface area contributed by atoms with Gasteiger partial charge in [-0.3, -0.25) is 4.79 Å². The lowest BCUT2D eigenvalue weighted by atomic mass is 10.0. The smallest absolute Gasteiger partial charge is 0.251 e. The number of hydrogen-bond acceptors (Lipinski definition) is 4. The molecule has 3 heterocycles. The summed E-state index contributed by atoms with van der Waals surface area (Å²) in [6.45, 7) is 8.43. The van der Waals surface area contributed by atoms with Crippen LogP contribution >= 0.6 is 0 Å². The van der Waals surface area contributed by atoms with Gasteiger partial charge in [0.2, 0.25) is 5.91 Å². The van der Waals surface area contributed by atoms with E-state index in [4.69, 9.17) is 0 Å². The Hall–Kier alpha value is -3.09. The van der Waals surface area contributed by atoms with Crippen LogP contribution in [0.5, 0.6) is 0 Å². The van der Waals surface area contributed by atoms with Gasteiger partial charge in [-0.05, 0) is 64.3 Å². The molecule has 4 rings (SSSR count). The van der Waals surface area contributed by atoms with Gasteiger partial charge in [0.05, 0.1) is 18.2 Å². The molecule has 0 bridgehead atoms. The quantitative estimate of drug-likeness (QED) is 0.657. The van der Waals surface area contributed by atoms with Crippen molar-refractivity contribution in [2.75, 3.05) is 6.54 Å². The maximum absolute atomic E-state index is 13.3. The lowest BCUT2D eigenvalue weighted by molar-refractivity contribution is -0.131. The van der Waals surface area contributed by atoms with Gasteiger partial charge in [-0.15, -0.1) is 0 Å². The van der Waals surface area contributed by atoms with E-state index in [9.17, 15) is 9.18 Å². The molecule has 0 N–H and O–H groups in total. The standard InChI is InChI=1S/C23H26FN5O/c1-14-12-15(2)26-23(25-14)29-17(4)20(16(3)27-29)13-22(30)28-11-5-6-21(28)18-7-9-19(24)10-8-18/h7-10,12,21H,5-6,11,13H2,1-4H3/t21-/m0/s1. The highest BCUT2D eigenvalue weighted by atomic mass is 19.1. The van der Waals surface area contributed by atoms with Crippen molar-refractivity contribution in [2.45, 2.75) is 53.0 Å². The van der Waals surface area contributed by atoms with Crippen LogP contribution in [0.2, 0.25) is 0 Å². The molecule has 0 radical (unpaired) electrons. The Morgan fingerprint density at radius 3 is 2.43 bits per heavy atom. The zero-order chi connectivity index (χ0) is 21.4. The van der Waals surface area contributed by atoms with Gasteiger partial charge >= 0.3 is 0 Å². The number of aromatic nitrogens is 4. The molecule has 2 aromatic heterocycles. The fourth-order valence-electron chi connectivity index (χ4n) is 4.28. The highest BCUT2D eigenvalue weighted by Gasteiger charge is 2.31. The van der Waals surface area contributed by atoms with Gasteiger partial charge in [-0.1, -0.05) is 12.1 Å². The van der Waals surface area contributed by atoms with Gasteiger partial charge in [0.15, 0.2) is 0 Å². The first-order chi connectivity index (χ1) is 14.3. The van der Waals surface area contributed by atoms with Crippen LogP contribution in [0.3, 0.4) is 0 Å². The Morgan fingerprint density at radius 1 is 1.10 bits per heavy atom. The van der Waals surface area contributed by atoms with E-state index in [1.807, 2.05) is 38.7 Å². The number of hydrogen-bond donors (Lipinski definition) is 0. The molecule has 0 spiro atoms. The molecule has 6 nitrogen and oxygen atoms in total. The van der Waals surface area contributed by atoms with Crippen molar-refractivity contribution in [2.24, 2.45) is 0 Å². The third kappa shape index (κ3) is 3.84. The van der Waals surface area contributed by atoms with Crippen LogP contribution in [0.25, 0.3) is 5.95 Å². The van der Waals surface area contributed by atoms with Crippen molar-refractivity contribution in [1.29, 1.82) is 0 Å². The van der Waals surface area contributed by atoms with Crippen molar-refractivity contribution >= 4 is 5.91 Å². The Bertz CT molecular complexity index is 1070. The maximum atomic E-state index is 13.3. The van der Waals surface area contributed by atoms with E-state index in [0.29, 0.717) is 12.5 Å². The minimum Gasteiger partial charge on any atom is -0.335 e. The summed E-state index contributed by atoms with van der Waals surface area (Å²) >= 11 is 0. The average molecular weight is 407 g/mol. The second kappa shape index (κ2) is 7.97. The molecule has 1 aliphatic heterocycles. The molecule has 7 heteroatoms. The SMILES string of the molecule is Cc1cc(C)nc(-n2nc(C)c(CC(=O)N3CCC[C@H]3c3ccc(F)cc3)c2C)n1. The summed E-state index contributed by atoms with van der Waals surface area (Å²) in [5, 5.41) is 4.61. The van der Waals surface area contributed by atoms with Crippen LogP contribution < -0.4 is 0 Å². The van der Waals surface area contributed by atoms with Crippen molar-refractivity contribution in [1.82, 2.24) is 24.6 Å². The van der Waals surface area contributed by atoms with E-state index in [-0.39, 0.29) is 24.2 Å². The third-order valence-electron chi connectivity index (χ3n) is 5.76. The summed E-state index contributed by atoms with van der Waals surface area (Å²) in [7, 11) is 0. The fraction of sp³-hybridized carbons (Fsp3) is 0.391. The van der Waals surface area contributed by atoms with Crippen molar-refractivity contribution in [3.63, 3.8) is 0 Å². The van der Waals surface area contributed by atoms with E-state index >= 15 is 0 Å². The molecule has 156 valence electrons. The van der Waals surface area contributed by atoms with Crippen LogP contribution in [0, 0.1) is 33.5 Å². The minimum absolute atomic E-state index is 0.00323. The number of amides is 1. The van der Waals surface area contributed by atoms with Crippen molar-refractivity contribution in [3.8, 4) is 5.95 Å². The summed E-state index contributed by atoms with van der Waals surface area (Å²) in [6.07, 6.45) is 2.12. The van der Waals surface area contributed by atoms with Crippen molar-refractivity contribution < 1.29 is 9.18 Å². The summed E-state index contributed by atoms with van der Waals surface area (Å²) in [5.41, 5.74) is 5.33. The number of halogens is 1. The first-order valence-electron chi connectivity index (χ1n) is 10.3. The summed E-state index contributed by atoms with van der Waals surface area (Å²) in [4.78, 5) is 24.1. The number of rotatable bonds is 4. The van der Waals surface area contributed by atoms with Crippen LogP contribution in [-0.4, -0.2) is 37.1 Å². The molecule has 0 saturated carbocycles. The molecule has 1 fully saturated rings. The van der Waals surface area contributed by atoms with Crippen LogP contribution in [0.15, 0.2) is 30.3 Å². The number of likely N-dealkylation sites (tertiary alicyclic amines) is 1. The van der Waals surface area contributed by atoms with Gasteiger partial charge < -0.3 is 4.90 Å². The van der Waals surface area contributed by atoms with Crippen LogP contribution in [0.1, 0.15) is 52.8 Å². The van der Waals surface area contributed by atoms with Gasteiger partial charge in [0, 0.05) is 29.2 Å². The molecule has 1 saturated heterocycles. The zero-order valence-corrected chi connectivity index (χ0v) is 17.8. The largest absolute Gasteiger partial charge is 0.335 e. The second-order valence-electron chi connectivity index (χ2n) is 7.99. The third-order valence-corrected chi connectivity index (χ3v) is 5.76. The molecule has 1 amide bonds. The van der Waals surface area contributed by atoms with Gasteiger partial charge in [0.25, 0.3) is 5.95 Å². The maximum Gasteiger partial charge on any atom is 0.251 e. The van der Waals surface area contributed by atoms with E-state index in [1.54, 1.807) is 16.8 Å². The summed E-state index contributed by atoms with van der Waals surface area (Å²) < 4.78 is 15.0. The Morgan fingerprint density at radius 2 is 1.77 bits per heavy atom. The molecule has 1 atom stereocenters. The van der Waals surface area contributed by atoms with Crippen LogP contribution in [-0.2, 0) is 11.2 Å². The number of aryl methyl sites for hydroxylation is 3. The Kier molecular flexibility index (Phi) is 5.37. The summed E-state index contributed by atoms with van der Waals surface area (Å²) in [5.74, 6) is 0.327. The van der Waals surface area contributed by atoms with Crippen molar-refractivity contribution in [3.05, 3.63) is 70.1 Å². The normalized spacial score (nSPS) is 16.3. The molecule has 0 aliphatic carbocycles. The number of benzene rings is 1. The van der Waals surface area contributed by atoms with E-state index in [2.05, 4.69) is 15.1 Å². The first kappa shape index (κ1) is 20.2. The molecule has 1 aromatic carbocycles. The van der Waals surface area contributed by atoms with E-state index < -0.39 is 0 Å². The molecule has 3 aromatic rings. The number of nitrogens with zero attached hydrogens (tertiary/aromatic N) is 5. The lowest BCUT2D eigenvalue weighted by Gasteiger charge is -2.25. The van der Waals surface area contributed by atoms with Gasteiger partial charge in [-0.2, -0.15) is 5.10 Å². The average Bonchev–Trinajstić information content (AvgIpc) is 3.28. The molecule has 30 heavy (non-hydrogen) atoms. The monoisotopic (exact) mass is 407 g/mol. The minimum atomic E-state index is -0.262. The lowest BCUT2D eigenvalue weighted by Crippen LogP contribution is -2.32.